The molecule has 0 saturated carbocycles. The number of carbonyl (C=O) groups excluding carboxylic acids is 2. The molecular formula is C11H14ClN3O2. The molecule has 6 heteroatoms. The molecule has 1 heterocycles. The van der Waals surface area contributed by atoms with Crippen LogP contribution in [0.1, 0.15) is 24.2 Å². The predicted octanol–water partition coefficient (Wildman–Crippen LogP) is 0.989. The molecule has 92 valence electrons. The second-order valence-electron chi connectivity index (χ2n) is 3.77. The Labute approximate surface area is 105 Å². The molecule has 0 fully saturated rings. The molecule has 5 nitrogen and oxygen atoms in total. The van der Waals surface area contributed by atoms with Crippen molar-refractivity contribution >= 4 is 23.4 Å². The second-order valence-corrected chi connectivity index (χ2v) is 4.16. The molecule has 0 spiro atoms. The van der Waals surface area contributed by atoms with Crippen molar-refractivity contribution in [2.24, 2.45) is 0 Å². The fourth-order valence-electron chi connectivity index (χ4n) is 1.18. The molecule has 1 rings (SSSR count). The molecular weight excluding hydrogens is 242 g/mol. The number of nitrogens with one attached hydrogen (secondary N) is 2. The van der Waals surface area contributed by atoms with Crippen LogP contribution in [0.15, 0.2) is 18.3 Å². The van der Waals surface area contributed by atoms with Crippen LogP contribution in [-0.2, 0) is 4.79 Å². The number of halogens is 1. The van der Waals surface area contributed by atoms with Gasteiger partial charge < -0.3 is 10.6 Å². The molecule has 0 atom stereocenters. The lowest BCUT2D eigenvalue weighted by Gasteiger charge is -2.09. The van der Waals surface area contributed by atoms with Crippen molar-refractivity contribution in [1.29, 1.82) is 0 Å². The minimum Gasteiger partial charge on any atom is -0.352 e. The van der Waals surface area contributed by atoms with Gasteiger partial charge in [-0.15, -0.1) is 0 Å². The van der Waals surface area contributed by atoms with Crippen molar-refractivity contribution in [3.63, 3.8) is 0 Å². The van der Waals surface area contributed by atoms with Crippen LogP contribution in [0, 0.1) is 0 Å². The SMILES string of the molecule is CC(C)NC(=O)CNC(=O)c1ccnc(Cl)c1. The number of aromatic nitrogens is 1. The standard InChI is InChI=1S/C11H14ClN3O2/c1-7(2)15-10(16)6-14-11(17)8-3-4-13-9(12)5-8/h3-5,7H,6H2,1-2H3,(H,14,17)(H,15,16). The number of hydrogen-bond donors (Lipinski definition) is 2. The highest BCUT2D eigenvalue weighted by molar-refractivity contribution is 6.29. The summed E-state index contributed by atoms with van der Waals surface area (Å²) in [6.07, 6.45) is 1.44. The third kappa shape index (κ3) is 4.82. The number of amides is 2. The van der Waals surface area contributed by atoms with E-state index in [1.165, 1.54) is 18.3 Å². The zero-order chi connectivity index (χ0) is 12.8. The van der Waals surface area contributed by atoms with E-state index in [-0.39, 0.29) is 29.6 Å². The second kappa shape index (κ2) is 6.20. The third-order valence-corrected chi connectivity index (χ3v) is 2.05. The lowest BCUT2D eigenvalue weighted by molar-refractivity contribution is -0.120. The van der Waals surface area contributed by atoms with E-state index in [1.807, 2.05) is 13.8 Å². The highest BCUT2D eigenvalue weighted by Crippen LogP contribution is 2.06. The first-order chi connectivity index (χ1) is 7.99. The van der Waals surface area contributed by atoms with Gasteiger partial charge in [-0.3, -0.25) is 9.59 Å². The van der Waals surface area contributed by atoms with Gasteiger partial charge in [0.15, 0.2) is 0 Å². The van der Waals surface area contributed by atoms with Crippen molar-refractivity contribution in [2.45, 2.75) is 19.9 Å². The van der Waals surface area contributed by atoms with Crippen LogP contribution in [0.25, 0.3) is 0 Å². The predicted molar refractivity (Wildman–Crippen MR) is 64.9 cm³/mol. The Bertz CT molecular complexity index is 421. The summed E-state index contributed by atoms with van der Waals surface area (Å²) >= 11 is 5.65. The van der Waals surface area contributed by atoms with Gasteiger partial charge in [-0.25, -0.2) is 4.98 Å². The monoisotopic (exact) mass is 255 g/mol. The quantitative estimate of drug-likeness (QED) is 0.789. The normalized spacial score (nSPS) is 10.1. The van der Waals surface area contributed by atoms with Crippen molar-refractivity contribution in [3.8, 4) is 0 Å². The number of hydrogen-bond acceptors (Lipinski definition) is 3. The minimum atomic E-state index is -0.354. The van der Waals surface area contributed by atoms with Gasteiger partial charge >= 0.3 is 0 Å². The van der Waals surface area contributed by atoms with E-state index in [0.29, 0.717) is 5.56 Å². The molecule has 0 aliphatic rings. The van der Waals surface area contributed by atoms with E-state index in [1.54, 1.807) is 0 Å². The number of carbonyl (C=O) groups is 2. The zero-order valence-electron chi connectivity index (χ0n) is 9.66. The summed E-state index contributed by atoms with van der Waals surface area (Å²) in [4.78, 5) is 26.7. The fraction of sp³-hybridized carbons (Fsp3) is 0.364. The average Bonchev–Trinajstić information content (AvgIpc) is 2.25. The highest BCUT2D eigenvalue weighted by Gasteiger charge is 2.08. The molecule has 0 aromatic carbocycles. The van der Waals surface area contributed by atoms with Crippen LogP contribution >= 0.6 is 11.6 Å². The first kappa shape index (κ1) is 13.4. The summed E-state index contributed by atoms with van der Waals surface area (Å²) in [7, 11) is 0. The molecule has 0 unspecified atom stereocenters. The summed E-state index contributed by atoms with van der Waals surface area (Å²) in [5.74, 6) is -0.582. The summed E-state index contributed by atoms with van der Waals surface area (Å²) < 4.78 is 0. The highest BCUT2D eigenvalue weighted by atomic mass is 35.5. The maximum absolute atomic E-state index is 11.6. The smallest absolute Gasteiger partial charge is 0.251 e. The van der Waals surface area contributed by atoms with Crippen molar-refractivity contribution < 1.29 is 9.59 Å². The Morgan fingerprint density at radius 1 is 1.47 bits per heavy atom. The van der Waals surface area contributed by atoms with Gasteiger partial charge in [-0.2, -0.15) is 0 Å². The lowest BCUT2D eigenvalue weighted by Crippen LogP contribution is -2.39. The van der Waals surface area contributed by atoms with Crippen LogP contribution in [0.3, 0.4) is 0 Å². The first-order valence-corrected chi connectivity index (χ1v) is 5.56. The number of rotatable bonds is 4. The summed E-state index contributed by atoms with van der Waals surface area (Å²) in [6, 6.07) is 3.02. The lowest BCUT2D eigenvalue weighted by atomic mass is 10.2. The Morgan fingerprint density at radius 3 is 2.76 bits per heavy atom. The van der Waals surface area contributed by atoms with Crippen LogP contribution in [0.2, 0.25) is 5.15 Å². The van der Waals surface area contributed by atoms with Crippen LogP contribution in [-0.4, -0.2) is 29.4 Å². The fourth-order valence-corrected chi connectivity index (χ4v) is 1.35. The van der Waals surface area contributed by atoms with E-state index >= 15 is 0 Å². The summed E-state index contributed by atoms with van der Waals surface area (Å²) in [5, 5.41) is 5.40. The molecule has 0 radical (unpaired) electrons. The Kier molecular flexibility index (Phi) is 4.90. The number of nitrogens with zero attached hydrogens (tertiary/aromatic N) is 1. The van der Waals surface area contributed by atoms with E-state index in [4.69, 9.17) is 11.6 Å². The van der Waals surface area contributed by atoms with Gasteiger partial charge in [-0.05, 0) is 26.0 Å². The average molecular weight is 256 g/mol. The molecule has 2 N–H and O–H groups in total. The number of pyridine rings is 1. The van der Waals surface area contributed by atoms with E-state index in [0.717, 1.165) is 0 Å². The van der Waals surface area contributed by atoms with Gasteiger partial charge in [0.25, 0.3) is 5.91 Å². The molecule has 0 bridgehead atoms. The molecule has 0 aliphatic carbocycles. The van der Waals surface area contributed by atoms with E-state index < -0.39 is 0 Å². The van der Waals surface area contributed by atoms with Gasteiger partial charge in [0.2, 0.25) is 5.91 Å². The first-order valence-electron chi connectivity index (χ1n) is 5.18. The summed E-state index contributed by atoms with van der Waals surface area (Å²) in [6.45, 7) is 3.64. The van der Waals surface area contributed by atoms with Crippen molar-refractivity contribution in [2.75, 3.05) is 6.54 Å². The Morgan fingerprint density at radius 2 is 2.18 bits per heavy atom. The van der Waals surface area contributed by atoms with Crippen LogP contribution in [0.5, 0.6) is 0 Å². The van der Waals surface area contributed by atoms with E-state index in [2.05, 4.69) is 15.6 Å². The van der Waals surface area contributed by atoms with Crippen molar-refractivity contribution in [3.05, 3.63) is 29.0 Å². The van der Waals surface area contributed by atoms with Crippen molar-refractivity contribution in [1.82, 2.24) is 15.6 Å². The van der Waals surface area contributed by atoms with Crippen LogP contribution < -0.4 is 10.6 Å². The summed E-state index contributed by atoms with van der Waals surface area (Å²) in [5.41, 5.74) is 0.377. The molecule has 1 aromatic heterocycles. The molecule has 0 aliphatic heterocycles. The minimum absolute atomic E-state index is 0.0507. The van der Waals surface area contributed by atoms with E-state index in [9.17, 15) is 9.59 Å². The Hall–Kier alpha value is -1.62. The van der Waals surface area contributed by atoms with Gasteiger partial charge in [0.1, 0.15) is 5.15 Å². The molecule has 17 heavy (non-hydrogen) atoms. The molecule has 1 aromatic rings. The van der Waals surface area contributed by atoms with Gasteiger partial charge in [0.05, 0.1) is 6.54 Å². The van der Waals surface area contributed by atoms with Crippen LogP contribution in [0.4, 0.5) is 0 Å². The Balaban J connectivity index is 2.48. The maximum atomic E-state index is 11.6. The van der Waals surface area contributed by atoms with Gasteiger partial charge in [-0.1, -0.05) is 11.6 Å². The third-order valence-electron chi connectivity index (χ3n) is 1.85. The largest absolute Gasteiger partial charge is 0.352 e. The maximum Gasteiger partial charge on any atom is 0.251 e. The molecule has 0 saturated heterocycles. The topological polar surface area (TPSA) is 71.1 Å². The van der Waals surface area contributed by atoms with Gasteiger partial charge in [0, 0.05) is 17.8 Å². The zero-order valence-corrected chi connectivity index (χ0v) is 10.4. The molecule has 2 amide bonds.